The van der Waals surface area contributed by atoms with Gasteiger partial charge in [0.05, 0.1) is 0 Å². The highest BCUT2D eigenvalue weighted by atomic mass is 79.9. The van der Waals surface area contributed by atoms with E-state index in [1.807, 2.05) is 32.1 Å². The molecule has 0 fully saturated rings. The average molecular weight is 296 g/mol. The third kappa shape index (κ3) is 2.85. The van der Waals surface area contributed by atoms with Gasteiger partial charge in [-0.1, -0.05) is 6.08 Å². The maximum Gasteiger partial charge on any atom is 0.177 e. The molecule has 0 amide bonds. The zero-order valence-corrected chi connectivity index (χ0v) is 11.7. The maximum absolute atomic E-state index is 4.55. The SMILES string of the molecule is C=CCN(C)C1=NC(N(C)C)=S(Br)S1. The first-order chi connectivity index (χ1) is 6.56. The van der Waals surface area contributed by atoms with E-state index < -0.39 is 0 Å². The van der Waals surface area contributed by atoms with Crippen molar-refractivity contribution < 1.29 is 0 Å². The number of hydrogen-bond acceptors (Lipinski definition) is 4. The van der Waals surface area contributed by atoms with Gasteiger partial charge in [-0.15, -0.1) is 6.58 Å². The minimum atomic E-state index is -0.00289. The van der Waals surface area contributed by atoms with Crippen molar-refractivity contribution in [1.82, 2.24) is 9.80 Å². The molecule has 0 aromatic heterocycles. The standard InChI is InChI=1S/C8H14BrN3S2/c1-5-6-12(4)7-10-8(11(2)3)14(9)13-7/h5H,1,6H2,2-4H3. The minimum absolute atomic E-state index is 0.00289. The summed E-state index contributed by atoms with van der Waals surface area (Å²) in [7, 11) is 7.79. The van der Waals surface area contributed by atoms with Gasteiger partial charge in [0.15, 0.2) is 10.3 Å². The van der Waals surface area contributed by atoms with Gasteiger partial charge in [0, 0.05) is 13.6 Å². The molecule has 0 saturated carbocycles. The van der Waals surface area contributed by atoms with Gasteiger partial charge in [0.25, 0.3) is 0 Å². The molecule has 3 nitrogen and oxygen atoms in total. The van der Waals surface area contributed by atoms with Crippen molar-refractivity contribution in [3.8, 4) is 0 Å². The van der Waals surface area contributed by atoms with Gasteiger partial charge >= 0.3 is 0 Å². The van der Waals surface area contributed by atoms with Crippen molar-refractivity contribution in [1.29, 1.82) is 0 Å². The third-order valence-electron chi connectivity index (χ3n) is 1.59. The summed E-state index contributed by atoms with van der Waals surface area (Å²) in [5, 5.41) is 2.13. The molecule has 0 aliphatic carbocycles. The van der Waals surface area contributed by atoms with Crippen molar-refractivity contribution in [2.24, 2.45) is 4.99 Å². The maximum atomic E-state index is 4.55. The fourth-order valence-electron chi connectivity index (χ4n) is 0.903. The van der Waals surface area contributed by atoms with Crippen molar-refractivity contribution in [2.45, 2.75) is 0 Å². The molecule has 0 radical (unpaired) electrons. The van der Waals surface area contributed by atoms with Crippen molar-refractivity contribution in [3.63, 3.8) is 0 Å². The van der Waals surface area contributed by atoms with Crippen LogP contribution in [0.15, 0.2) is 17.6 Å². The van der Waals surface area contributed by atoms with Crippen LogP contribution in [-0.2, 0) is 0 Å². The van der Waals surface area contributed by atoms with Gasteiger partial charge < -0.3 is 4.90 Å². The van der Waals surface area contributed by atoms with E-state index in [1.165, 1.54) is 0 Å². The number of aliphatic imine (C=N–C) groups is 1. The molecule has 1 rings (SSSR count). The van der Waals surface area contributed by atoms with Crippen LogP contribution in [0.3, 0.4) is 0 Å². The topological polar surface area (TPSA) is 18.8 Å². The van der Waals surface area contributed by atoms with E-state index in [0.29, 0.717) is 0 Å². The monoisotopic (exact) mass is 295 g/mol. The van der Waals surface area contributed by atoms with E-state index in [9.17, 15) is 0 Å². The molecule has 0 spiro atoms. The Kier molecular flexibility index (Phi) is 4.69. The Bertz CT molecular complexity index is 299. The Labute approximate surface area is 98.8 Å². The van der Waals surface area contributed by atoms with E-state index in [2.05, 4.69) is 31.3 Å². The molecule has 1 aliphatic heterocycles. The van der Waals surface area contributed by atoms with Crippen LogP contribution in [0.25, 0.3) is 0 Å². The summed E-state index contributed by atoms with van der Waals surface area (Å²) in [6.45, 7) is 4.54. The number of hydrogen-bond donors (Lipinski definition) is 0. The summed E-state index contributed by atoms with van der Waals surface area (Å²) in [6.07, 6.45) is 1.88. The summed E-state index contributed by atoms with van der Waals surface area (Å²) >= 11 is 3.61. The summed E-state index contributed by atoms with van der Waals surface area (Å²) in [5.74, 6) is 0. The van der Waals surface area contributed by atoms with Gasteiger partial charge in [-0.25, -0.2) is 4.99 Å². The van der Waals surface area contributed by atoms with E-state index in [1.54, 1.807) is 10.8 Å². The molecule has 1 atom stereocenters. The first kappa shape index (κ1) is 12.3. The Morgan fingerprint density at radius 3 is 2.64 bits per heavy atom. The molecule has 6 heteroatoms. The second kappa shape index (κ2) is 5.34. The smallest absolute Gasteiger partial charge is 0.177 e. The van der Waals surface area contributed by atoms with Gasteiger partial charge in [-0.2, -0.15) is 0 Å². The molecule has 0 saturated heterocycles. The average Bonchev–Trinajstić information content (AvgIpc) is 2.48. The number of rotatable bonds is 2. The Morgan fingerprint density at radius 1 is 1.57 bits per heavy atom. The Hall–Kier alpha value is 0.220. The Morgan fingerprint density at radius 2 is 2.21 bits per heavy atom. The van der Waals surface area contributed by atoms with Crippen molar-refractivity contribution in [3.05, 3.63) is 12.7 Å². The third-order valence-corrected chi connectivity index (χ3v) is 6.43. The first-order valence-electron chi connectivity index (χ1n) is 4.10. The lowest BCUT2D eigenvalue weighted by molar-refractivity contribution is 0.574. The molecule has 14 heavy (non-hydrogen) atoms. The number of halogens is 1. The normalized spacial score (nSPS) is 21.4. The molecule has 80 valence electrons. The minimum Gasteiger partial charge on any atom is -0.350 e. The molecule has 1 aliphatic rings. The van der Waals surface area contributed by atoms with E-state index in [4.69, 9.17) is 0 Å². The summed E-state index contributed by atoms with van der Waals surface area (Å²) in [5.41, 5.74) is 0. The summed E-state index contributed by atoms with van der Waals surface area (Å²) in [4.78, 5) is 8.69. The molecule has 1 heterocycles. The van der Waals surface area contributed by atoms with Crippen molar-refractivity contribution in [2.75, 3.05) is 27.7 Å². The molecule has 0 aromatic rings. The van der Waals surface area contributed by atoms with Crippen LogP contribution in [0.2, 0.25) is 0 Å². The highest BCUT2D eigenvalue weighted by molar-refractivity contribution is 9.65. The molecule has 1 unspecified atom stereocenters. The van der Waals surface area contributed by atoms with E-state index >= 15 is 0 Å². The van der Waals surface area contributed by atoms with Crippen LogP contribution < -0.4 is 0 Å². The molecular weight excluding hydrogens is 282 g/mol. The van der Waals surface area contributed by atoms with Crippen LogP contribution in [-0.4, -0.2) is 47.8 Å². The summed E-state index contributed by atoms with van der Waals surface area (Å²) in [6, 6.07) is 0. The van der Waals surface area contributed by atoms with E-state index in [-0.39, 0.29) is 7.95 Å². The zero-order chi connectivity index (χ0) is 10.7. The second-order valence-electron chi connectivity index (χ2n) is 3.05. The highest BCUT2D eigenvalue weighted by Gasteiger charge is 2.20. The number of nitrogens with zero attached hydrogens (tertiary/aromatic N) is 3. The second-order valence-corrected chi connectivity index (χ2v) is 9.12. The number of amidine groups is 1. The van der Waals surface area contributed by atoms with Crippen molar-refractivity contribution >= 4 is 43.8 Å². The molecule has 0 aromatic carbocycles. The predicted molar refractivity (Wildman–Crippen MR) is 73.1 cm³/mol. The quantitative estimate of drug-likeness (QED) is 0.443. The van der Waals surface area contributed by atoms with Gasteiger partial charge in [-0.05, 0) is 47.7 Å². The van der Waals surface area contributed by atoms with Crippen LogP contribution >= 0.6 is 33.6 Å². The van der Waals surface area contributed by atoms with Crippen LogP contribution in [0.4, 0.5) is 0 Å². The van der Waals surface area contributed by atoms with E-state index in [0.717, 1.165) is 16.8 Å². The Balaban J connectivity index is 2.72. The molecular formula is C8H14BrN3S2. The lowest BCUT2D eigenvalue weighted by Gasteiger charge is -2.14. The fraction of sp³-hybridized carbons (Fsp3) is 0.500. The lowest BCUT2D eigenvalue weighted by atomic mass is 10.6. The van der Waals surface area contributed by atoms with Gasteiger partial charge in [0.1, 0.15) is 0 Å². The summed E-state index contributed by atoms with van der Waals surface area (Å²) < 4.78 is 0. The van der Waals surface area contributed by atoms with Gasteiger partial charge in [-0.3, -0.25) is 4.90 Å². The largest absolute Gasteiger partial charge is 0.350 e. The van der Waals surface area contributed by atoms with Crippen LogP contribution in [0.1, 0.15) is 0 Å². The van der Waals surface area contributed by atoms with Crippen LogP contribution in [0, 0.1) is 0 Å². The van der Waals surface area contributed by atoms with Gasteiger partial charge in [0.2, 0.25) is 0 Å². The molecule has 0 bridgehead atoms. The predicted octanol–water partition coefficient (Wildman–Crippen LogP) is 2.35. The number of likely N-dealkylation sites (N-methyl/N-ethyl adjacent to an activating group) is 1. The lowest BCUT2D eigenvalue weighted by Crippen LogP contribution is -2.24. The molecule has 0 N–H and O–H groups in total. The fourth-order valence-corrected chi connectivity index (χ4v) is 5.76. The first-order valence-corrected chi connectivity index (χ1v) is 8.50. The zero-order valence-electron chi connectivity index (χ0n) is 8.53. The van der Waals surface area contributed by atoms with Crippen LogP contribution in [0.5, 0.6) is 0 Å². The highest BCUT2D eigenvalue weighted by Crippen LogP contribution is 2.45.